The minimum atomic E-state index is -0.839. The molecule has 5 heteroatoms. The zero-order valence-corrected chi connectivity index (χ0v) is 12.6. The molecule has 2 N–H and O–H groups in total. The third-order valence-electron chi connectivity index (χ3n) is 3.31. The van der Waals surface area contributed by atoms with Crippen LogP contribution in [0.4, 0.5) is 4.39 Å². The van der Waals surface area contributed by atoms with Crippen molar-refractivity contribution in [2.24, 2.45) is 0 Å². The van der Waals surface area contributed by atoms with Crippen molar-refractivity contribution in [3.05, 3.63) is 29.6 Å². The van der Waals surface area contributed by atoms with Gasteiger partial charge >= 0.3 is 0 Å². The van der Waals surface area contributed by atoms with Crippen LogP contribution >= 0.6 is 0 Å². The molecule has 1 aromatic rings. The summed E-state index contributed by atoms with van der Waals surface area (Å²) in [4.78, 5) is 0. The Labute approximate surface area is 119 Å². The Kier molecular flexibility index (Phi) is 6.39. The van der Waals surface area contributed by atoms with Crippen molar-refractivity contribution in [3.63, 3.8) is 0 Å². The zero-order chi connectivity index (χ0) is 15.2. The van der Waals surface area contributed by atoms with E-state index >= 15 is 0 Å². The minimum absolute atomic E-state index is 0.0153. The molecular formula is C15H24FNO3. The number of hydrogen-bond donors (Lipinski definition) is 2. The largest absolute Gasteiger partial charge is 0.494 e. The fourth-order valence-electron chi connectivity index (χ4n) is 1.85. The Morgan fingerprint density at radius 1 is 1.40 bits per heavy atom. The van der Waals surface area contributed by atoms with Gasteiger partial charge in [0.05, 0.1) is 12.7 Å². The molecule has 0 aliphatic rings. The third-order valence-corrected chi connectivity index (χ3v) is 3.31. The van der Waals surface area contributed by atoms with E-state index in [1.165, 1.54) is 13.2 Å². The fourth-order valence-corrected chi connectivity index (χ4v) is 1.85. The maximum Gasteiger partial charge on any atom is 0.165 e. The minimum Gasteiger partial charge on any atom is -0.494 e. The SMILES string of the molecule is COCCC(C)(O)CNC(C)c1ccc(F)c(OC)c1. The molecule has 114 valence electrons. The molecule has 0 bridgehead atoms. The molecule has 20 heavy (non-hydrogen) atoms. The molecule has 0 heterocycles. The van der Waals surface area contributed by atoms with Crippen LogP contribution in [0, 0.1) is 5.82 Å². The molecule has 0 radical (unpaired) electrons. The second-order valence-electron chi connectivity index (χ2n) is 5.24. The van der Waals surface area contributed by atoms with E-state index in [1.807, 2.05) is 6.92 Å². The summed E-state index contributed by atoms with van der Waals surface area (Å²) < 4.78 is 23.3. The first-order chi connectivity index (χ1) is 9.39. The van der Waals surface area contributed by atoms with E-state index in [9.17, 15) is 9.50 Å². The predicted molar refractivity (Wildman–Crippen MR) is 76.5 cm³/mol. The average molecular weight is 285 g/mol. The van der Waals surface area contributed by atoms with Gasteiger partial charge in [-0.25, -0.2) is 4.39 Å². The number of benzene rings is 1. The molecule has 0 aromatic heterocycles. The summed E-state index contributed by atoms with van der Waals surface area (Å²) in [6, 6.07) is 4.74. The van der Waals surface area contributed by atoms with Gasteiger partial charge in [0.2, 0.25) is 0 Å². The van der Waals surface area contributed by atoms with Crippen LogP contribution in [0.25, 0.3) is 0 Å². The van der Waals surface area contributed by atoms with Crippen LogP contribution in [0.1, 0.15) is 31.9 Å². The smallest absolute Gasteiger partial charge is 0.165 e. The molecule has 1 aromatic carbocycles. The van der Waals surface area contributed by atoms with Crippen LogP contribution in [0.2, 0.25) is 0 Å². The van der Waals surface area contributed by atoms with Crippen LogP contribution in [-0.4, -0.2) is 38.1 Å². The molecule has 2 unspecified atom stereocenters. The summed E-state index contributed by atoms with van der Waals surface area (Å²) in [5.74, 6) is -0.155. The average Bonchev–Trinajstić information content (AvgIpc) is 2.43. The first-order valence-corrected chi connectivity index (χ1v) is 6.68. The van der Waals surface area contributed by atoms with Crippen LogP contribution in [0.15, 0.2) is 18.2 Å². The first-order valence-electron chi connectivity index (χ1n) is 6.68. The van der Waals surface area contributed by atoms with Crippen molar-refractivity contribution in [3.8, 4) is 5.75 Å². The fraction of sp³-hybridized carbons (Fsp3) is 0.600. The quantitative estimate of drug-likeness (QED) is 0.769. The number of rotatable bonds is 8. The summed E-state index contributed by atoms with van der Waals surface area (Å²) in [5, 5.41) is 13.4. The number of methoxy groups -OCH3 is 2. The molecule has 2 atom stereocenters. The number of aliphatic hydroxyl groups is 1. The molecule has 0 saturated heterocycles. The topological polar surface area (TPSA) is 50.7 Å². The van der Waals surface area contributed by atoms with Crippen molar-refractivity contribution in [1.29, 1.82) is 0 Å². The Morgan fingerprint density at radius 3 is 2.70 bits per heavy atom. The number of hydrogen-bond acceptors (Lipinski definition) is 4. The van der Waals surface area contributed by atoms with E-state index < -0.39 is 5.60 Å². The van der Waals surface area contributed by atoms with Crippen LogP contribution in [-0.2, 0) is 4.74 Å². The molecule has 0 aliphatic heterocycles. The Morgan fingerprint density at radius 2 is 2.10 bits per heavy atom. The molecule has 4 nitrogen and oxygen atoms in total. The summed E-state index contributed by atoms with van der Waals surface area (Å²) in [5.41, 5.74) is 0.0692. The van der Waals surface area contributed by atoms with Crippen LogP contribution < -0.4 is 10.1 Å². The Balaban J connectivity index is 2.60. The highest BCUT2D eigenvalue weighted by Gasteiger charge is 2.21. The predicted octanol–water partition coefficient (Wildman–Crippen LogP) is 2.27. The summed E-state index contributed by atoms with van der Waals surface area (Å²) >= 11 is 0. The lowest BCUT2D eigenvalue weighted by Gasteiger charge is -2.26. The van der Waals surface area contributed by atoms with E-state index in [2.05, 4.69) is 5.32 Å². The van der Waals surface area contributed by atoms with Crippen LogP contribution in [0.5, 0.6) is 5.75 Å². The van der Waals surface area contributed by atoms with Crippen molar-refractivity contribution in [2.45, 2.75) is 31.9 Å². The van der Waals surface area contributed by atoms with Crippen molar-refractivity contribution in [2.75, 3.05) is 27.4 Å². The van der Waals surface area contributed by atoms with Gasteiger partial charge in [0.1, 0.15) is 0 Å². The Bertz CT molecular complexity index is 424. The highest BCUT2D eigenvalue weighted by atomic mass is 19.1. The standard InChI is InChI=1S/C15H24FNO3/c1-11(17-10-15(2,18)7-8-19-3)12-5-6-13(16)14(9-12)20-4/h5-6,9,11,17-18H,7-8,10H2,1-4H3. The molecule has 0 fully saturated rings. The number of ether oxygens (including phenoxy) is 2. The third kappa shape index (κ3) is 5.07. The lowest BCUT2D eigenvalue weighted by molar-refractivity contribution is 0.0231. The van der Waals surface area contributed by atoms with Gasteiger partial charge in [0, 0.05) is 32.7 Å². The van der Waals surface area contributed by atoms with E-state index in [-0.39, 0.29) is 17.6 Å². The van der Waals surface area contributed by atoms with E-state index in [0.717, 1.165) is 5.56 Å². The summed E-state index contributed by atoms with van der Waals surface area (Å²) in [6.45, 7) is 4.65. The van der Waals surface area contributed by atoms with Gasteiger partial charge in [0.25, 0.3) is 0 Å². The highest BCUT2D eigenvalue weighted by Crippen LogP contribution is 2.23. The lowest BCUT2D eigenvalue weighted by Crippen LogP contribution is -2.39. The summed E-state index contributed by atoms with van der Waals surface area (Å²) in [6.07, 6.45) is 0.552. The van der Waals surface area contributed by atoms with Gasteiger partial charge in [-0.1, -0.05) is 6.07 Å². The van der Waals surface area contributed by atoms with Gasteiger partial charge in [-0.05, 0) is 31.5 Å². The van der Waals surface area contributed by atoms with Crippen molar-refractivity contribution >= 4 is 0 Å². The number of halogens is 1. The molecule has 0 amide bonds. The second kappa shape index (κ2) is 7.57. The van der Waals surface area contributed by atoms with Crippen LogP contribution in [0.3, 0.4) is 0 Å². The van der Waals surface area contributed by atoms with Gasteiger partial charge in [0.15, 0.2) is 11.6 Å². The number of nitrogens with one attached hydrogen (secondary N) is 1. The zero-order valence-electron chi connectivity index (χ0n) is 12.6. The maximum absolute atomic E-state index is 13.3. The van der Waals surface area contributed by atoms with Gasteiger partial charge in [-0.15, -0.1) is 0 Å². The van der Waals surface area contributed by atoms with Crippen molar-refractivity contribution < 1.29 is 19.0 Å². The van der Waals surface area contributed by atoms with E-state index in [0.29, 0.717) is 19.6 Å². The lowest BCUT2D eigenvalue weighted by atomic mass is 10.0. The summed E-state index contributed by atoms with van der Waals surface area (Å²) in [7, 11) is 3.05. The van der Waals surface area contributed by atoms with Gasteiger partial charge in [-0.3, -0.25) is 0 Å². The van der Waals surface area contributed by atoms with E-state index in [4.69, 9.17) is 9.47 Å². The molecule has 0 aliphatic carbocycles. The molecular weight excluding hydrogens is 261 g/mol. The molecule has 1 rings (SSSR count). The normalized spacial score (nSPS) is 15.7. The maximum atomic E-state index is 13.3. The first kappa shape index (κ1) is 16.9. The monoisotopic (exact) mass is 285 g/mol. The Hall–Kier alpha value is -1.17. The van der Waals surface area contributed by atoms with Gasteiger partial charge < -0.3 is 19.9 Å². The molecule has 0 spiro atoms. The van der Waals surface area contributed by atoms with Gasteiger partial charge in [-0.2, -0.15) is 0 Å². The molecule has 0 saturated carbocycles. The highest BCUT2D eigenvalue weighted by molar-refractivity contribution is 5.31. The van der Waals surface area contributed by atoms with E-state index in [1.54, 1.807) is 26.2 Å². The second-order valence-corrected chi connectivity index (χ2v) is 5.24. The van der Waals surface area contributed by atoms with Crippen molar-refractivity contribution in [1.82, 2.24) is 5.32 Å².